The molecule has 1 aliphatic rings. The lowest BCUT2D eigenvalue weighted by atomic mass is 10.1. The van der Waals surface area contributed by atoms with Gasteiger partial charge in [-0.05, 0) is 38.0 Å². The Hall–Kier alpha value is -1.55. The molecule has 0 bridgehead atoms. The molecule has 1 saturated heterocycles. The van der Waals surface area contributed by atoms with Crippen molar-refractivity contribution in [1.29, 1.82) is 0 Å². The number of carbonyl (C=O) groups is 1. The van der Waals surface area contributed by atoms with Gasteiger partial charge in [-0.1, -0.05) is 12.1 Å². The second-order valence-corrected chi connectivity index (χ2v) is 4.66. The largest absolute Gasteiger partial charge is 0.353 e. The van der Waals surface area contributed by atoms with Crippen LogP contribution >= 0.6 is 0 Å². The van der Waals surface area contributed by atoms with E-state index >= 15 is 0 Å². The predicted octanol–water partition coefficient (Wildman–Crippen LogP) is 1.50. The van der Waals surface area contributed by atoms with Crippen LogP contribution in [0, 0.1) is 13.8 Å². The molecule has 0 spiro atoms. The second kappa shape index (κ2) is 4.75. The van der Waals surface area contributed by atoms with Gasteiger partial charge in [0.05, 0.1) is 0 Å². The van der Waals surface area contributed by atoms with Gasteiger partial charge in [0.15, 0.2) is 6.29 Å². The molecule has 1 aliphatic heterocycles. The third-order valence-corrected chi connectivity index (χ3v) is 3.15. The van der Waals surface area contributed by atoms with Gasteiger partial charge in [-0.15, -0.1) is 0 Å². The maximum absolute atomic E-state index is 11.4. The fourth-order valence-corrected chi connectivity index (χ4v) is 2.02. The lowest BCUT2D eigenvalue weighted by Gasteiger charge is -2.31. The number of rotatable bonds is 2. The minimum Gasteiger partial charge on any atom is -0.353 e. The highest BCUT2D eigenvalue weighted by atomic mass is 16.2. The molecular formula is C13H19N3O. The zero-order valence-corrected chi connectivity index (χ0v) is 10.5. The second-order valence-electron chi connectivity index (χ2n) is 4.66. The van der Waals surface area contributed by atoms with E-state index in [2.05, 4.69) is 35.9 Å². The molecule has 4 heteroatoms. The van der Waals surface area contributed by atoms with Gasteiger partial charge in [0.25, 0.3) is 0 Å². The van der Waals surface area contributed by atoms with Gasteiger partial charge in [0.1, 0.15) is 0 Å². The summed E-state index contributed by atoms with van der Waals surface area (Å²) in [6.07, 6.45) is 0.345. The summed E-state index contributed by atoms with van der Waals surface area (Å²) < 4.78 is 0. The Balaban J connectivity index is 2.10. The van der Waals surface area contributed by atoms with Crippen LogP contribution in [0.25, 0.3) is 0 Å². The third-order valence-electron chi connectivity index (χ3n) is 3.15. The lowest BCUT2D eigenvalue weighted by molar-refractivity contribution is -0.123. The highest BCUT2D eigenvalue weighted by Gasteiger charge is 2.22. The summed E-state index contributed by atoms with van der Waals surface area (Å²) in [7, 11) is 0. The first-order valence-electron chi connectivity index (χ1n) is 5.94. The van der Waals surface area contributed by atoms with Gasteiger partial charge in [0, 0.05) is 18.2 Å². The van der Waals surface area contributed by atoms with Crippen LogP contribution in [0.3, 0.4) is 0 Å². The van der Waals surface area contributed by atoms with E-state index in [1.807, 2.05) is 19.1 Å². The van der Waals surface area contributed by atoms with E-state index in [9.17, 15) is 4.79 Å². The summed E-state index contributed by atoms with van der Waals surface area (Å²) in [6.45, 7) is 6.16. The van der Waals surface area contributed by atoms with Crippen molar-refractivity contribution in [1.82, 2.24) is 10.6 Å². The lowest BCUT2D eigenvalue weighted by Crippen LogP contribution is -2.59. The number of hydrogen-bond donors (Lipinski definition) is 3. The third kappa shape index (κ3) is 2.77. The van der Waals surface area contributed by atoms with Crippen LogP contribution < -0.4 is 16.0 Å². The van der Waals surface area contributed by atoms with E-state index in [0.29, 0.717) is 6.42 Å². The first-order valence-corrected chi connectivity index (χ1v) is 5.94. The summed E-state index contributed by atoms with van der Waals surface area (Å²) in [5.41, 5.74) is 3.50. The first-order chi connectivity index (χ1) is 8.06. The van der Waals surface area contributed by atoms with Crippen molar-refractivity contribution < 1.29 is 4.79 Å². The van der Waals surface area contributed by atoms with E-state index in [1.54, 1.807) is 0 Å². The van der Waals surface area contributed by atoms with Crippen LogP contribution in [0.5, 0.6) is 0 Å². The molecule has 1 amide bonds. The standard InChI is InChI=1S/C13H19N3O/c1-8-5-4-6-11(10(8)3)15-13-14-9(2)7-12(17)16-13/h4-6,9,13-15H,7H2,1-3H3,(H,16,17). The Morgan fingerprint density at radius 3 is 2.82 bits per heavy atom. The highest BCUT2D eigenvalue weighted by molar-refractivity contribution is 5.78. The SMILES string of the molecule is Cc1cccc(NC2NC(=O)CC(C)N2)c1C. The van der Waals surface area contributed by atoms with Crippen LogP contribution in [-0.4, -0.2) is 18.2 Å². The van der Waals surface area contributed by atoms with Crippen molar-refractivity contribution in [3.8, 4) is 0 Å². The Morgan fingerprint density at radius 2 is 2.12 bits per heavy atom. The molecule has 1 heterocycles. The maximum atomic E-state index is 11.4. The molecule has 0 radical (unpaired) electrons. The van der Waals surface area contributed by atoms with Gasteiger partial charge in [-0.3, -0.25) is 10.1 Å². The summed E-state index contributed by atoms with van der Waals surface area (Å²) in [4.78, 5) is 11.4. The van der Waals surface area contributed by atoms with Crippen LogP contribution in [0.4, 0.5) is 5.69 Å². The average Bonchev–Trinajstić information content (AvgIpc) is 2.23. The molecule has 3 N–H and O–H groups in total. The van der Waals surface area contributed by atoms with E-state index in [0.717, 1.165) is 5.69 Å². The smallest absolute Gasteiger partial charge is 0.224 e. The molecule has 1 aromatic rings. The van der Waals surface area contributed by atoms with E-state index < -0.39 is 0 Å². The van der Waals surface area contributed by atoms with Crippen LogP contribution in [0.1, 0.15) is 24.5 Å². The molecule has 2 atom stereocenters. The van der Waals surface area contributed by atoms with E-state index in [4.69, 9.17) is 0 Å². The molecule has 1 aromatic carbocycles. The molecule has 2 rings (SSSR count). The van der Waals surface area contributed by atoms with Crippen molar-refractivity contribution in [2.45, 2.75) is 39.5 Å². The molecule has 0 aliphatic carbocycles. The summed E-state index contributed by atoms with van der Waals surface area (Å²) in [5, 5.41) is 9.49. The van der Waals surface area contributed by atoms with Gasteiger partial charge < -0.3 is 10.6 Å². The van der Waals surface area contributed by atoms with Crippen molar-refractivity contribution >= 4 is 11.6 Å². The van der Waals surface area contributed by atoms with Crippen LogP contribution in [0.2, 0.25) is 0 Å². The van der Waals surface area contributed by atoms with Crippen LogP contribution in [-0.2, 0) is 4.79 Å². The maximum Gasteiger partial charge on any atom is 0.224 e. The summed E-state index contributed by atoms with van der Waals surface area (Å²) >= 11 is 0. The minimum atomic E-state index is -0.188. The Kier molecular flexibility index (Phi) is 3.33. The zero-order valence-electron chi connectivity index (χ0n) is 10.5. The minimum absolute atomic E-state index is 0.0825. The molecule has 17 heavy (non-hydrogen) atoms. The van der Waals surface area contributed by atoms with Gasteiger partial charge >= 0.3 is 0 Å². The quantitative estimate of drug-likeness (QED) is 0.725. The number of nitrogens with one attached hydrogen (secondary N) is 3. The molecule has 0 saturated carbocycles. The molecule has 4 nitrogen and oxygen atoms in total. The number of hydrogen-bond acceptors (Lipinski definition) is 3. The summed E-state index contributed by atoms with van der Waals surface area (Å²) in [5.74, 6) is 0.0825. The topological polar surface area (TPSA) is 53.2 Å². The van der Waals surface area contributed by atoms with Crippen molar-refractivity contribution in [2.24, 2.45) is 0 Å². The van der Waals surface area contributed by atoms with E-state index in [1.165, 1.54) is 11.1 Å². The van der Waals surface area contributed by atoms with Gasteiger partial charge in [-0.2, -0.15) is 0 Å². The Bertz CT molecular complexity index is 431. The number of benzene rings is 1. The highest BCUT2D eigenvalue weighted by Crippen LogP contribution is 2.18. The van der Waals surface area contributed by atoms with Gasteiger partial charge in [0.2, 0.25) is 5.91 Å². The number of amides is 1. The predicted molar refractivity (Wildman–Crippen MR) is 68.7 cm³/mol. The number of anilines is 1. The molecule has 0 aromatic heterocycles. The molecule has 2 unspecified atom stereocenters. The van der Waals surface area contributed by atoms with Crippen LogP contribution in [0.15, 0.2) is 18.2 Å². The zero-order chi connectivity index (χ0) is 12.4. The fraction of sp³-hybridized carbons (Fsp3) is 0.462. The molecule has 1 fully saturated rings. The van der Waals surface area contributed by atoms with Crippen molar-refractivity contribution in [2.75, 3.05) is 5.32 Å². The Morgan fingerprint density at radius 1 is 1.35 bits per heavy atom. The first kappa shape index (κ1) is 11.9. The monoisotopic (exact) mass is 233 g/mol. The fourth-order valence-electron chi connectivity index (χ4n) is 2.02. The Labute approximate surface area is 102 Å². The average molecular weight is 233 g/mol. The molecule has 92 valence electrons. The summed E-state index contributed by atoms with van der Waals surface area (Å²) in [6, 6.07) is 6.32. The molecular weight excluding hydrogens is 214 g/mol. The van der Waals surface area contributed by atoms with Crippen molar-refractivity contribution in [3.05, 3.63) is 29.3 Å². The normalized spacial score (nSPS) is 24.3. The van der Waals surface area contributed by atoms with E-state index in [-0.39, 0.29) is 18.2 Å². The van der Waals surface area contributed by atoms with Gasteiger partial charge in [-0.25, -0.2) is 0 Å². The van der Waals surface area contributed by atoms with Crippen molar-refractivity contribution in [3.63, 3.8) is 0 Å². The number of aryl methyl sites for hydroxylation is 1. The number of carbonyl (C=O) groups excluding carboxylic acids is 1.